The van der Waals surface area contributed by atoms with Crippen molar-refractivity contribution >= 4 is 52.5 Å². The van der Waals surface area contributed by atoms with E-state index in [1.54, 1.807) is 0 Å². The van der Waals surface area contributed by atoms with Gasteiger partial charge in [-0.05, 0) is 11.6 Å². The summed E-state index contributed by atoms with van der Waals surface area (Å²) in [4.78, 5) is 9.29. The van der Waals surface area contributed by atoms with Gasteiger partial charge in [0.25, 0.3) is 0 Å². The average molecular weight is 376 g/mol. The van der Waals surface area contributed by atoms with Crippen LogP contribution in [0.15, 0.2) is 6.33 Å². The highest BCUT2D eigenvalue weighted by Gasteiger charge is 2.56. The van der Waals surface area contributed by atoms with E-state index in [1.165, 1.54) is 10.9 Å². The van der Waals surface area contributed by atoms with Gasteiger partial charge in [0.15, 0.2) is 21.7 Å². The lowest BCUT2D eigenvalue weighted by molar-refractivity contribution is -0.0436. The van der Waals surface area contributed by atoms with E-state index in [0.717, 1.165) is 0 Å². The molecule has 1 unspecified atom stereocenters. The number of imidazole rings is 1. The summed E-state index contributed by atoms with van der Waals surface area (Å²) < 4.78 is 7.32. The Balaban J connectivity index is 2.20. The molecule has 1 aliphatic rings. The highest BCUT2D eigenvalue weighted by molar-refractivity contribution is 7.71. The summed E-state index contributed by atoms with van der Waals surface area (Å²) in [6.45, 7) is -0.442. The van der Waals surface area contributed by atoms with Gasteiger partial charge in [-0.25, -0.2) is 9.97 Å². The van der Waals surface area contributed by atoms with Crippen molar-refractivity contribution in [3.05, 3.63) is 11.0 Å². The van der Waals surface area contributed by atoms with Crippen molar-refractivity contribution in [3.63, 3.8) is 0 Å². The average Bonchev–Trinajstić information content (AvgIpc) is 3.01. The van der Waals surface area contributed by atoms with Gasteiger partial charge in [0.05, 0.1) is 12.9 Å². The fourth-order valence-electron chi connectivity index (χ4n) is 2.51. The molecule has 3 rings (SSSR count). The molecule has 0 aliphatic carbocycles. The Kier molecular flexibility index (Phi) is 4.22. The quantitative estimate of drug-likeness (QED) is 0.342. The summed E-state index contributed by atoms with van der Waals surface area (Å²) in [7, 11) is 0. The molecule has 23 heavy (non-hydrogen) atoms. The third-order valence-electron chi connectivity index (χ3n) is 3.58. The number of fused-ring (bicyclic) bond motifs is 1. The summed E-state index contributed by atoms with van der Waals surface area (Å²) >= 11 is 17.0. The third-order valence-corrected chi connectivity index (χ3v) is 4.47. The Morgan fingerprint density at radius 2 is 2.35 bits per heavy atom. The molecule has 0 amide bonds. The van der Waals surface area contributed by atoms with Gasteiger partial charge in [-0.3, -0.25) is 4.57 Å². The fourth-order valence-corrected chi connectivity index (χ4v) is 3.30. The molecule has 2 aromatic heterocycles. The third kappa shape index (κ3) is 2.48. The number of alkyl halides is 1. The molecular weight excluding hydrogens is 365 g/mol. The van der Waals surface area contributed by atoms with E-state index in [1.807, 2.05) is 0 Å². The number of ether oxygens (including phenoxy) is 1. The number of nitrogens with zero attached hydrogens (tertiary/aromatic N) is 3. The number of H-pyrrole nitrogens is 1. The van der Waals surface area contributed by atoms with E-state index in [9.17, 15) is 10.2 Å². The Labute approximate surface area is 145 Å². The Hall–Kier alpha value is -1.41. The van der Waals surface area contributed by atoms with Crippen molar-refractivity contribution in [1.82, 2.24) is 19.5 Å². The highest BCUT2D eigenvalue weighted by Crippen LogP contribution is 2.44. The van der Waals surface area contributed by atoms with Crippen molar-refractivity contribution in [2.75, 3.05) is 12.3 Å². The summed E-state index contributed by atoms with van der Waals surface area (Å²) in [6, 6.07) is 0. The van der Waals surface area contributed by atoms with Gasteiger partial charge in [-0.1, -0.05) is 29.7 Å². The topological polar surface area (TPSA) is 122 Å². The maximum absolute atomic E-state index is 10.3. The Morgan fingerprint density at radius 1 is 1.61 bits per heavy atom. The lowest BCUT2D eigenvalue weighted by Crippen LogP contribution is -2.41. The summed E-state index contributed by atoms with van der Waals surface area (Å²) in [5.74, 6) is 2.61. The normalized spacial score (nSPS) is 30.3. The number of aromatic amines is 1. The van der Waals surface area contributed by atoms with Crippen LogP contribution >= 0.6 is 35.4 Å². The van der Waals surface area contributed by atoms with Gasteiger partial charge in [0, 0.05) is 5.38 Å². The number of rotatable bonds is 2. The zero-order valence-electron chi connectivity index (χ0n) is 11.4. The number of aliphatic hydroxyl groups is 2. The molecule has 11 heteroatoms. The number of hydrogen-bond acceptors (Lipinski definition) is 7. The minimum Gasteiger partial charge on any atom is -0.394 e. The van der Waals surface area contributed by atoms with Crippen LogP contribution in [-0.4, -0.2) is 53.4 Å². The van der Waals surface area contributed by atoms with Crippen LogP contribution in [0.25, 0.3) is 11.2 Å². The van der Waals surface area contributed by atoms with Crippen LogP contribution < -0.4 is 5.73 Å². The van der Waals surface area contributed by atoms with Gasteiger partial charge in [-0.2, -0.15) is 0 Å². The summed E-state index contributed by atoms with van der Waals surface area (Å²) in [6.07, 6.45) is -1.79. The molecule has 1 fully saturated rings. The van der Waals surface area contributed by atoms with Crippen molar-refractivity contribution in [3.8, 4) is 11.3 Å². The van der Waals surface area contributed by atoms with Gasteiger partial charge >= 0.3 is 0 Å². The molecule has 1 aliphatic heterocycles. The standard InChI is InChI=1S/C12H11Cl2N5O3S/c13-2-1-12(14)7(21)5(3-20)22-10(12)19-4-16-6-8(19)17-11(15)18-9(6)23/h4-5,7,10,20-21H,3H2,(H3,15,17,18,23)/t5-,7+,10-,12?/m1/s1. The predicted octanol–water partition coefficient (Wildman–Crippen LogP) is 0.499. The van der Waals surface area contributed by atoms with Gasteiger partial charge < -0.3 is 25.7 Å². The second-order valence-corrected chi connectivity index (χ2v) is 6.12. The molecule has 122 valence electrons. The zero-order valence-corrected chi connectivity index (χ0v) is 13.7. The second-order valence-electron chi connectivity index (χ2n) is 4.92. The number of nitrogens with one attached hydrogen (secondary N) is 1. The van der Waals surface area contributed by atoms with E-state index in [2.05, 4.69) is 26.3 Å². The number of nitrogen functional groups attached to an aromatic ring is 1. The number of halogens is 2. The summed E-state index contributed by atoms with van der Waals surface area (Å²) in [5.41, 5.74) is 6.46. The lowest BCUT2D eigenvalue weighted by atomic mass is 9.99. The van der Waals surface area contributed by atoms with Crippen molar-refractivity contribution in [2.45, 2.75) is 23.3 Å². The largest absolute Gasteiger partial charge is 0.394 e. The first-order valence-electron chi connectivity index (χ1n) is 6.40. The number of hydrogen-bond donors (Lipinski definition) is 4. The molecule has 0 spiro atoms. The minimum absolute atomic E-state index is 0.0881. The van der Waals surface area contributed by atoms with Crippen LogP contribution in [0.1, 0.15) is 6.23 Å². The van der Waals surface area contributed by atoms with Crippen molar-refractivity contribution in [2.24, 2.45) is 0 Å². The van der Waals surface area contributed by atoms with Crippen molar-refractivity contribution < 1.29 is 14.9 Å². The number of nitrogens with two attached hydrogens (primary N) is 1. The summed E-state index contributed by atoms with van der Waals surface area (Å²) in [5, 5.41) is 21.8. The van der Waals surface area contributed by atoms with E-state index in [-0.39, 0.29) is 10.6 Å². The maximum atomic E-state index is 10.3. The van der Waals surface area contributed by atoms with E-state index in [0.29, 0.717) is 11.2 Å². The molecule has 0 aromatic carbocycles. The second kappa shape index (κ2) is 5.90. The monoisotopic (exact) mass is 375 g/mol. The first kappa shape index (κ1) is 16.4. The molecular formula is C12H11Cl2N5O3S. The van der Waals surface area contributed by atoms with Crippen LogP contribution in [0.2, 0.25) is 0 Å². The molecule has 5 N–H and O–H groups in total. The van der Waals surface area contributed by atoms with Crippen LogP contribution in [0, 0.1) is 15.9 Å². The predicted molar refractivity (Wildman–Crippen MR) is 86.3 cm³/mol. The first-order chi connectivity index (χ1) is 10.9. The molecule has 4 atom stereocenters. The first-order valence-corrected chi connectivity index (χ1v) is 7.57. The zero-order chi connectivity index (χ0) is 16.8. The molecule has 3 heterocycles. The maximum Gasteiger partial charge on any atom is 0.200 e. The number of anilines is 1. The number of aromatic nitrogens is 4. The van der Waals surface area contributed by atoms with E-state index in [4.69, 9.17) is 45.9 Å². The Bertz CT molecular complexity index is 875. The van der Waals surface area contributed by atoms with Crippen molar-refractivity contribution in [1.29, 1.82) is 0 Å². The molecule has 0 bridgehead atoms. The van der Waals surface area contributed by atoms with E-state index >= 15 is 0 Å². The molecule has 1 saturated heterocycles. The lowest BCUT2D eigenvalue weighted by Gasteiger charge is -2.25. The highest BCUT2D eigenvalue weighted by atomic mass is 35.5. The molecule has 0 saturated carbocycles. The Morgan fingerprint density at radius 3 is 3.00 bits per heavy atom. The smallest absolute Gasteiger partial charge is 0.200 e. The van der Waals surface area contributed by atoms with Gasteiger partial charge in [0.1, 0.15) is 23.4 Å². The number of aliphatic hydroxyl groups excluding tert-OH is 2. The van der Waals surface area contributed by atoms with Gasteiger partial charge in [-0.15, -0.1) is 0 Å². The molecule has 8 nitrogen and oxygen atoms in total. The van der Waals surface area contributed by atoms with Crippen LogP contribution in [0.3, 0.4) is 0 Å². The minimum atomic E-state index is -1.59. The van der Waals surface area contributed by atoms with Crippen LogP contribution in [0.5, 0.6) is 0 Å². The molecule has 0 radical (unpaired) electrons. The fraction of sp³-hybridized carbons (Fsp3) is 0.417. The van der Waals surface area contributed by atoms with Crippen LogP contribution in [0.4, 0.5) is 5.95 Å². The molecule has 2 aromatic rings. The van der Waals surface area contributed by atoms with Crippen LogP contribution in [-0.2, 0) is 4.74 Å². The van der Waals surface area contributed by atoms with E-state index < -0.39 is 29.9 Å². The SMILES string of the molecule is Nc1nc(=S)c2ncn([C@@H]3O[C@H](CO)[C@H](O)C3(Cl)C#CCl)c2[nH]1. The van der Waals surface area contributed by atoms with Gasteiger partial charge in [0.2, 0.25) is 0 Å².